The van der Waals surface area contributed by atoms with Gasteiger partial charge in [-0.05, 0) is 133 Å². The molecule has 0 saturated carbocycles. The molecule has 2 aliphatic rings. The maximum Gasteiger partial charge on any atom is 1.00 e. The number of aryl methyl sites for hydroxylation is 4. The van der Waals surface area contributed by atoms with Crippen LogP contribution < -0.4 is 61.9 Å². The first-order valence-corrected chi connectivity index (χ1v) is 23.0. The van der Waals surface area contributed by atoms with Crippen LogP contribution in [0.1, 0.15) is 130 Å². The Kier molecular flexibility index (Phi) is 21.7. The number of anilines is 1. The Morgan fingerprint density at radius 1 is 0.710 bits per heavy atom. The molecule has 17 heteroatoms. The van der Waals surface area contributed by atoms with Crippen molar-refractivity contribution in [1.29, 1.82) is 10.5 Å². The smallest absolute Gasteiger partial charge is 0.870 e. The molecule has 356 valence electrons. The van der Waals surface area contributed by atoms with Gasteiger partial charge in [0.05, 0.1) is 30.4 Å². The molecule has 2 amide bonds. The van der Waals surface area contributed by atoms with Gasteiger partial charge in [0.1, 0.15) is 0 Å². The van der Waals surface area contributed by atoms with Crippen molar-refractivity contribution in [2.75, 3.05) is 46.1 Å². The Bertz CT molecular complexity index is 2710. The molecule has 0 atom stereocenters. The summed E-state index contributed by atoms with van der Waals surface area (Å²) < 4.78 is 10.6. The number of nitrogens with one attached hydrogen (secondary N) is 1. The van der Waals surface area contributed by atoms with Crippen molar-refractivity contribution in [3.63, 3.8) is 0 Å². The van der Waals surface area contributed by atoms with Crippen molar-refractivity contribution in [2.45, 2.75) is 90.9 Å². The molecule has 5 N–H and O–H groups in total. The van der Waals surface area contributed by atoms with Gasteiger partial charge in [-0.2, -0.15) is 15.5 Å². The zero-order chi connectivity index (χ0) is 48.0. The molecular weight excluding hydrogens is 900 g/mol. The Morgan fingerprint density at radius 2 is 1.13 bits per heavy atom. The maximum absolute atomic E-state index is 13.6. The third-order valence-corrected chi connectivity index (χ3v) is 12.8. The second-order valence-corrected chi connectivity index (χ2v) is 16.5. The van der Waals surface area contributed by atoms with E-state index >= 15 is 0 Å². The van der Waals surface area contributed by atoms with Crippen LogP contribution in [-0.2, 0) is 25.7 Å². The summed E-state index contributed by atoms with van der Waals surface area (Å²) in [6, 6.07) is 28.3. The van der Waals surface area contributed by atoms with E-state index in [1.165, 1.54) is 18.2 Å². The zero-order valence-corrected chi connectivity index (χ0v) is 43.9. The number of H-pyrrole nitrogens is 1. The number of carbonyl (C=O) groups excluding carboxylic acids is 2. The van der Waals surface area contributed by atoms with Crippen molar-refractivity contribution in [3.05, 3.63) is 128 Å². The fourth-order valence-electron chi connectivity index (χ4n) is 9.01. The SMILES string of the molecule is CCc1cc(CC)c(-c2nc(OC)n[nH]2)cc1C(=O)N1CCC(c2ccc(C#N)cc2)CC1.CCc1cc(CC)c(-c2nnc(N)o2)cc1C(=O)N1CCC(c2ccc(C#N)cc2)CC1.CO.[K+].[OH-]. The number of likely N-dealkylation sites (tertiary alicyclic amines) is 2. The molecule has 2 saturated heterocycles. The molecule has 0 radical (unpaired) electrons. The van der Waals surface area contributed by atoms with E-state index in [2.05, 4.69) is 77.3 Å². The van der Waals surface area contributed by atoms with Crippen LogP contribution in [0.25, 0.3) is 22.8 Å². The summed E-state index contributed by atoms with van der Waals surface area (Å²) >= 11 is 0. The molecule has 2 aromatic heterocycles. The van der Waals surface area contributed by atoms with E-state index in [4.69, 9.17) is 30.5 Å². The number of benzene rings is 4. The molecule has 4 aromatic carbocycles. The molecule has 16 nitrogen and oxygen atoms in total. The average molecular weight is 961 g/mol. The van der Waals surface area contributed by atoms with Gasteiger partial charge < -0.3 is 35.3 Å². The van der Waals surface area contributed by atoms with Crippen LogP contribution in [0, 0.1) is 22.7 Å². The number of hydrogen-bond acceptors (Lipinski definition) is 13. The van der Waals surface area contributed by atoms with Gasteiger partial charge >= 0.3 is 63.4 Å². The van der Waals surface area contributed by atoms with Crippen LogP contribution in [0.4, 0.5) is 6.01 Å². The van der Waals surface area contributed by atoms with E-state index in [0.717, 1.165) is 97.4 Å². The Morgan fingerprint density at radius 3 is 1.49 bits per heavy atom. The first-order chi connectivity index (χ1) is 32.6. The zero-order valence-electron chi connectivity index (χ0n) is 40.8. The number of methoxy groups -OCH3 is 1. The van der Waals surface area contributed by atoms with Gasteiger partial charge in [-0.1, -0.05) is 69.2 Å². The number of rotatable bonds is 11. The fraction of sp³-hybridized carbons (Fsp3) is 0.385. The normalized spacial score (nSPS) is 13.5. The number of ether oxygens (including phenoxy) is 1. The average Bonchev–Trinajstić information content (AvgIpc) is 4.07. The number of carbonyl (C=O) groups is 2. The van der Waals surface area contributed by atoms with Gasteiger partial charge in [0, 0.05) is 55.5 Å². The van der Waals surface area contributed by atoms with Gasteiger partial charge in [0.2, 0.25) is 5.89 Å². The van der Waals surface area contributed by atoms with Crippen molar-refractivity contribution in [2.24, 2.45) is 0 Å². The molecule has 6 aromatic rings. The maximum atomic E-state index is 13.6. The predicted molar refractivity (Wildman–Crippen MR) is 258 cm³/mol. The monoisotopic (exact) mass is 960 g/mol. The van der Waals surface area contributed by atoms with Gasteiger partial charge in [0.25, 0.3) is 11.8 Å². The molecule has 2 aliphatic heterocycles. The van der Waals surface area contributed by atoms with Gasteiger partial charge in [-0.25, -0.2) is 0 Å². The number of aromatic amines is 1. The summed E-state index contributed by atoms with van der Waals surface area (Å²) in [6.45, 7) is 11.1. The van der Waals surface area contributed by atoms with E-state index < -0.39 is 0 Å². The second-order valence-electron chi connectivity index (χ2n) is 16.5. The van der Waals surface area contributed by atoms with E-state index in [1.807, 2.05) is 70.5 Å². The predicted octanol–water partition coefficient (Wildman–Crippen LogP) is 5.27. The van der Waals surface area contributed by atoms with Crippen LogP contribution >= 0.6 is 0 Å². The number of nitrogen functional groups attached to an aromatic ring is 1. The Balaban J connectivity index is 0.000000282. The van der Waals surface area contributed by atoms with E-state index in [-0.39, 0.29) is 80.7 Å². The molecule has 0 spiro atoms. The van der Waals surface area contributed by atoms with Crippen LogP contribution in [0.2, 0.25) is 0 Å². The van der Waals surface area contributed by atoms with Crippen LogP contribution in [0.15, 0.2) is 77.2 Å². The molecule has 69 heavy (non-hydrogen) atoms. The van der Waals surface area contributed by atoms with Crippen molar-refractivity contribution in [1.82, 2.24) is 35.2 Å². The van der Waals surface area contributed by atoms with E-state index in [9.17, 15) is 9.59 Å². The number of piperidine rings is 2. The molecule has 8 rings (SSSR count). The number of nitriles is 2. The van der Waals surface area contributed by atoms with Crippen LogP contribution in [0.3, 0.4) is 0 Å². The number of amides is 2. The quantitative estimate of drug-likeness (QED) is 0.140. The van der Waals surface area contributed by atoms with Gasteiger partial charge in [-0.15, -0.1) is 10.2 Å². The molecule has 4 heterocycles. The summed E-state index contributed by atoms with van der Waals surface area (Å²) in [5.41, 5.74) is 16.8. The molecule has 0 unspecified atom stereocenters. The van der Waals surface area contributed by atoms with Gasteiger partial charge in [-0.3, -0.25) is 14.7 Å². The number of aliphatic hydroxyl groups is 1. The number of aromatic nitrogens is 5. The molecule has 2 fully saturated rings. The number of aliphatic hydroxyl groups excluding tert-OH is 1. The Hall–Kier alpha value is -5.76. The standard InChI is InChI=1S/C26H29N5O2.C25H27N5O2.CH4O.K.H2O/c1-4-18-14-19(5-2)23(15-22(18)24-28-26(33-3)30-29-24)25(32)31-12-10-21(11-13-31)20-8-6-17(16-27)7-9-20;1-3-17-13-18(4-2)22(14-21(17)23-28-29-25(27)32-23)24(31)30-11-9-20(10-12-30)19-7-5-16(15-26)6-8-19;1-2;;/h6-9,14-15,21H,4-5,10-13H2,1-3H3,(H,28,29,30);5-8,13-14,20H,3-4,9-12H2,1-2H3,(H2,27,29);2H,1H3;;1H2/q;;;+1;/p-1. The first kappa shape index (κ1) is 55.8. The summed E-state index contributed by atoms with van der Waals surface area (Å²) in [5, 5.41) is 39.8. The number of hydrogen-bond donors (Lipinski definition) is 3. The molecule has 0 bridgehead atoms. The van der Waals surface area contributed by atoms with Crippen molar-refractivity contribution < 1.29 is 80.7 Å². The molecule has 0 aliphatic carbocycles. The molecular formula is C52H61KN10O6. The fourth-order valence-corrected chi connectivity index (χ4v) is 9.01. The summed E-state index contributed by atoms with van der Waals surface area (Å²) in [4.78, 5) is 35.4. The van der Waals surface area contributed by atoms with Gasteiger partial charge in [0.15, 0.2) is 5.82 Å². The van der Waals surface area contributed by atoms with Crippen molar-refractivity contribution >= 4 is 17.8 Å². The summed E-state index contributed by atoms with van der Waals surface area (Å²) in [6.07, 6.45) is 6.80. The number of nitrogens with two attached hydrogens (primary N) is 1. The minimum atomic E-state index is 0. The third-order valence-electron chi connectivity index (χ3n) is 12.8. The largest absolute Gasteiger partial charge is 1.00 e. The third kappa shape index (κ3) is 13.3. The topological polar surface area (TPSA) is 254 Å². The Labute approximate surface area is 447 Å². The summed E-state index contributed by atoms with van der Waals surface area (Å²) in [7, 11) is 2.53. The minimum absolute atomic E-state index is 0. The van der Waals surface area contributed by atoms with Crippen molar-refractivity contribution in [3.8, 4) is 41.0 Å². The first-order valence-electron chi connectivity index (χ1n) is 23.0. The van der Waals surface area contributed by atoms with E-state index in [1.54, 1.807) is 0 Å². The van der Waals surface area contributed by atoms with Crippen LogP contribution in [0.5, 0.6) is 6.01 Å². The van der Waals surface area contributed by atoms with E-state index in [0.29, 0.717) is 66.4 Å². The minimum Gasteiger partial charge on any atom is -0.870 e. The second kappa shape index (κ2) is 26.8. The summed E-state index contributed by atoms with van der Waals surface area (Å²) in [5.74, 6) is 1.87. The van der Waals surface area contributed by atoms with Crippen LogP contribution in [-0.4, -0.2) is 98.0 Å². The number of nitrogens with zero attached hydrogens (tertiary/aromatic N) is 8.